The van der Waals surface area contributed by atoms with Gasteiger partial charge in [0.05, 0.1) is 7.11 Å². The molecule has 2 N–H and O–H groups in total. The molecule has 0 bridgehead atoms. The lowest BCUT2D eigenvalue weighted by Gasteiger charge is -2.29. The zero-order valence-corrected chi connectivity index (χ0v) is 11.6. The highest BCUT2D eigenvalue weighted by Gasteiger charge is 2.22. The van der Waals surface area contributed by atoms with Crippen molar-refractivity contribution in [3.63, 3.8) is 0 Å². The summed E-state index contributed by atoms with van der Waals surface area (Å²) in [5.74, 6) is 1.35. The van der Waals surface area contributed by atoms with Crippen LogP contribution < -0.4 is 15.4 Å². The van der Waals surface area contributed by atoms with Crippen molar-refractivity contribution in [3.8, 4) is 5.75 Å². The number of carbonyl (C=O) groups excluding carboxylic acids is 1. The lowest BCUT2D eigenvalue weighted by atomic mass is 9.86. The Balaban J connectivity index is 1.86. The molecule has 104 valence electrons. The molecule has 0 radical (unpaired) electrons. The third kappa shape index (κ3) is 3.88. The number of rotatable bonds is 3. The summed E-state index contributed by atoms with van der Waals surface area (Å²) in [6.45, 7) is 2.21. The van der Waals surface area contributed by atoms with Gasteiger partial charge in [0.25, 0.3) is 0 Å². The van der Waals surface area contributed by atoms with Crippen molar-refractivity contribution < 1.29 is 9.53 Å². The van der Waals surface area contributed by atoms with Crippen LogP contribution in [0.3, 0.4) is 0 Å². The second-order valence-electron chi connectivity index (χ2n) is 5.20. The number of carbonyl (C=O) groups is 1. The number of hydrogen-bond acceptors (Lipinski definition) is 2. The van der Waals surface area contributed by atoms with Crippen LogP contribution >= 0.6 is 0 Å². The Morgan fingerprint density at radius 1 is 1.21 bits per heavy atom. The van der Waals surface area contributed by atoms with Gasteiger partial charge in [-0.15, -0.1) is 0 Å². The molecule has 1 fully saturated rings. The van der Waals surface area contributed by atoms with Crippen molar-refractivity contribution in [1.82, 2.24) is 5.32 Å². The van der Waals surface area contributed by atoms with Gasteiger partial charge < -0.3 is 15.4 Å². The van der Waals surface area contributed by atoms with Crippen LogP contribution in [0.2, 0.25) is 0 Å². The number of amides is 2. The number of hydrogen-bond donors (Lipinski definition) is 2. The van der Waals surface area contributed by atoms with Gasteiger partial charge in [0.2, 0.25) is 0 Å². The molecule has 0 unspecified atom stereocenters. The minimum absolute atomic E-state index is 0.121. The highest BCUT2D eigenvalue weighted by Crippen LogP contribution is 2.23. The molecule has 2 atom stereocenters. The van der Waals surface area contributed by atoms with E-state index in [9.17, 15) is 4.79 Å². The molecule has 1 aliphatic carbocycles. The van der Waals surface area contributed by atoms with E-state index in [0.717, 1.165) is 17.9 Å². The molecule has 4 heteroatoms. The van der Waals surface area contributed by atoms with Gasteiger partial charge in [0.1, 0.15) is 5.75 Å². The Hall–Kier alpha value is -1.71. The summed E-state index contributed by atoms with van der Waals surface area (Å²) in [5, 5.41) is 5.92. The molecule has 1 saturated carbocycles. The van der Waals surface area contributed by atoms with Crippen molar-refractivity contribution >= 4 is 11.7 Å². The molecule has 0 aromatic heterocycles. The van der Waals surface area contributed by atoms with Crippen LogP contribution in [0.1, 0.15) is 32.6 Å². The van der Waals surface area contributed by atoms with Crippen molar-refractivity contribution in [1.29, 1.82) is 0 Å². The fourth-order valence-corrected chi connectivity index (χ4v) is 2.54. The number of benzene rings is 1. The molecule has 4 nitrogen and oxygen atoms in total. The Morgan fingerprint density at radius 2 is 1.89 bits per heavy atom. The van der Waals surface area contributed by atoms with Crippen molar-refractivity contribution in [3.05, 3.63) is 24.3 Å². The van der Waals surface area contributed by atoms with E-state index >= 15 is 0 Å². The SMILES string of the molecule is COc1ccc(NC(=O)N[C@H]2CCCC[C@@H]2C)cc1. The van der Waals surface area contributed by atoms with E-state index in [1.165, 1.54) is 19.3 Å². The van der Waals surface area contributed by atoms with Crippen LogP contribution in [0.25, 0.3) is 0 Å². The number of nitrogens with one attached hydrogen (secondary N) is 2. The van der Waals surface area contributed by atoms with E-state index < -0.39 is 0 Å². The van der Waals surface area contributed by atoms with E-state index in [1.54, 1.807) is 7.11 Å². The van der Waals surface area contributed by atoms with E-state index in [2.05, 4.69) is 17.6 Å². The molecule has 2 rings (SSSR count). The quantitative estimate of drug-likeness (QED) is 0.877. The molecule has 0 saturated heterocycles. The first-order valence-electron chi connectivity index (χ1n) is 6.90. The lowest BCUT2D eigenvalue weighted by Crippen LogP contribution is -2.43. The highest BCUT2D eigenvalue weighted by atomic mass is 16.5. The molecular formula is C15H22N2O2. The molecule has 2 amide bonds. The van der Waals surface area contributed by atoms with Crippen LogP contribution in [0.5, 0.6) is 5.75 Å². The Bertz CT molecular complexity index is 417. The largest absolute Gasteiger partial charge is 0.497 e. The van der Waals surface area contributed by atoms with Gasteiger partial charge in [-0.05, 0) is 43.0 Å². The number of urea groups is 1. The van der Waals surface area contributed by atoms with E-state index in [0.29, 0.717) is 12.0 Å². The van der Waals surface area contributed by atoms with Crippen LogP contribution in [-0.2, 0) is 0 Å². The van der Waals surface area contributed by atoms with E-state index in [-0.39, 0.29) is 6.03 Å². The summed E-state index contributed by atoms with van der Waals surface area (Å²) >= 11 is 0. The molecule has 0 spiro atoms. The third-order valence-electron chi connectivity index (χ3n) is 3.78. The van der Waals surface area contributed by atoms with Crippen LogP contribution in [0.4, 0.5) is 10.5 Å². The predicted molar refractivity (Wildman–Crippen MR) is 76.6 cm³/mol. The summed E-state index contributed by atoms with van der Waals surface area (Å²) in [6, 6.07) is 7.51. The predicted octanol–water partition coefficient (Wildman–Crippen LogP) is 3.40. The summed E-state index contributed by atoms with van der Waals surface area (Å²) in [5.41, 5.74) is 0.779. The van der Waals surface area contributed by atoms with Gasteiger partial charge in [-0.25, -0.2) is 4.79 Å². The minimum atomic E-state index is -0.121. The normalized spacial score (nSPS) is 22.6. The second kappa shape index (κ2) is 6.45. The first kappa shape index (κ1) is 13.7. The lowest BCUT2D eigenvalue weighted by molar-refractivity contribution is 0.232. The second-order valence-corrected chi connectivity index (χ2v) is 5.20. The van der Waals surface area contributed by atoms with Gasteiger partial charge >= 0.3 is 6.03 Å². The standard InChI is InChI=1S/C15H22N2O2/c1-11-5-3-4-6-14(11)17-15(18)16-12-7-9-13(19-2)10-8-12/h7-11,14H,3-6H2,1-2H3,(H2,16,17,18)/t11-,14-/m0/s1. The molecule has 0 aliphatic heterocycles. The van der Waals surface area contributed by atoms with Crippen molar-refractivity contribution in [2.24, 2.45) is 5.92 Å². The average Bonchev–Trinajstić information content (AvgIpc) is 2.42. The molecule has 1 aliphatic rings. The van der Waals surface area contributed by atoms with Crippen molar-refractivity contribution in [2.45, 2.75) is 38.6 Å². The van der Waals surface area contributed by atoms with Gasteiger partial charge in [-0.1, -0.05) is 19.8 Å². The topological polar surface area (TPSA) is 50.4 Å². The highest BCUT2D eigenvalue weighted by molar-refractivity contribution is 5.89. The fourth-order valence-electron chi connectivity index (χ4n) is 2.54. The van der Waals surface area contributed by atoms with Gasteiger partial charge in [0, 0.05) is 11.7 Å². The summed E-state index contributed by atoms with van der Waals surface area (Å²) in [6.07, 6.45) is 4.77. The maximum absolute atomic E-state index is 11.9. The first-order chi connectivity index (χ1) is 9.19. The minimum Gasteiger partial charge on any atom is -0.497 e. The van der Waals surface area contributed by atoms with E-state index in [4.69, 9.17) is 4.74 Å². The fraction of sp³-hybridized carbons (Fsp3) is 0.533. The monoisotopic (exact) mass is 262 g/mol. The zero-order chi connectivity index (χ0) is 13.7. The summed E-state index contributed by atoms with van der Waals surface area (Å²) in [7, 11) is 1.62. The number of anilines is 1. The van der Waals surface area contributed by atoms with Gasteiger partial charge in [0.15, 0.2) is 0 Å². The Kier molecular flexibility index (Phi) is 4.66. The van der Waals surface area contributed by atoms with Gasteiger partial charge in [-0.3, -0.25) is 0 Å². The smallest absolute Gasteiger partial charge is 0.319 e. The Morgan fingerprint density at radius 3 is 2.53 bits per heavy atom. The van der Waals surface area contributed by atoms with Gasteiger partial charge in [-0.2, -0.15) is 0 Å². The molecule has 0 heterocycles. The van der Waals surface area contributed by atoms with E-state index in [1.807, 2.05) is 24.3 Å². The summed E-state index contributed by atoms with van der Waals surface area (Å²) in [4.78, 5) is 11.9. The molecular weight excluding hydrogens is 240 g/mol. The summed E-state index contributed by atoms with van der Waals surface area (Å²) < 4.78 is 5.08. The Labute approximate surface area is 114 Å². The molecule has 19 heavy (non-hydrogen) atoms. The maximum Gasteiger partial charge on any atom is 0.319 e. The first-order valence-corrected chi connectivity index (χ1v) is 6.90. The number of ether oxygens (including phenoxy) is 1. The maximum atomic E-state index is 11.9. The molecule has 1 aromatic rings. The van der Waals surface area contributed by atoms with Crippen molar-refractivity contribution in [2.75, 3.05) is 12.4 Å². The van der Waals surface area contributed by atoms with Crippen LogP contribution in [0, 0.1) is 5.92 Å². The van der Waals surface area contributed by atoms with Crippen LogP contribution in [0.15, 0.2) is 24.3 Å². The molecule has 1 aromatic carbocycles. The average molecular weight is 262 g/mol. The zero-order valence-electron chi connectivity index (χ0n) is 11.6. The number of methoxy groups -OCH3 is 1. The third-order valence-corrected chi connectivity index (χ3v) is 3.78. The van der Waals surface area contributed by atoms with Crippen LogP contribution in [-0.4, -0.2) is 19.2 Å².